The molecular formula is C18H18FN5OS. The van der Waals surface area contributed by atoms with Crippen molar-refractivity contribution < 1.29 is 9.50 Å². The molecule has 6 nitrogen and oxygen atoms in total. The molecule has 0 fully saturated rings. The highest BCUT2D eigenvalue weighted by atomic mass is 32.1. The molecule has 0 bridgehead atoms. The van der Waals surface area contributed by atoms with Crippen LogP contribution in [0.5, 0.6) is 0 Å². The van der Waals surface area contributed by atoms with Crippen LogP contribution in [0.25, 0.3) is 11.4 Å². The fourth-order valence-electron chi connectivity index (χ4n) is 2.40. The van der Waals surface area contributed by atoms with Crippen molar-refractivity contribution in [1.82, 2.24) is 14.9 Å². The van der Waals surface area contributed by atoms with Crippen LogP contribution in [0.2, 0.25) is 0 Å². The molecule has 26 heavy (non-hydrogen) atoms. The molecule has 0 radical (unpaired) electrons. The van der Waals surface area contributed by atoms with Crippen molar-refractivity contribution in [2.45, 2.75) is 0 Å². The number of hydrogen-bond acceptors (Lipinski definition) is 5. The molecule has 0 aliphatic rings. The molecule has 1 aromatic heterocycles. The average molecular weight is 371 g/mol. The molecular weight excluding hydrogens is 353 g/mol. The normalized spacial score (nSPS) is 11.2. The molecule has 0 unspecified atom stereocenters. The van der Waals surface area contributed by atoms with Crippen molar-refractivity contribution >= 4 is 24.1 Å². The van der Waals surface area contributed by atoms with Crippen LogP contribution >= 0.6 is 12.2 Å². The summed E-state index contributed by atoms with van der Waals surface area (Å²) in [6.45, 7) is 0.670. The fourth-order valence-corrected chi connectivity index (χ4v) is 2.58. The maximum atomic E-state index is 13.1. The molecule has 1 heterocycles. The molecule has 0 saturated heterocycles. The summed E-state index contributed by atoms with van der Waals surface area (Å²) in [5, 5.41) is 20.3. The molecule has 3 rings (SSSR count). The first kappa shape index (κ1) is 18.0. The molecule has 0 atom stereocenters. The monoisotopic (exact) mass is 371 g/mol. The number of nitrogens with zero attached hydrogens (tertiary/aromatic N) is 4. The van der Waals surface area contributed by atoms with Crippen LogP contribution in [0.15, 0.2) is 53.6 Å². The predicted octanol–water partition coefficient (Wildman–Crippen LogP) is 3.06. The van der Waals surface area contributed by atoms with Crippen molar-refractivity contribution in [3.8, 4) is 11.4 Å². The van der Waals surface area contributed by atoms with Crippen LogP contribution in [-0.2, 0) is 0 Å². The highest BCUT2D eigenvalue weighted by Crippen LogP contribution is 2.18. The lowest BCUT2D eigenvalue weighted by Crippen LogP contribution is -2.20. The van der Waals surface area contributed by atoms with Gasteiger partial charge in [0.25, 0.3) is 0 Å². The minimum absolute atomic E-state index is 0.102. The van der Waals surface area contributed by atoms with Crippen LogP contribution in [0.4, 0.5) is 10.1 Å². The first-order chi connectivity index (χ1) is 12.6. The molecule has 0 spiro atoms. The maximum absolute atomic E-state index is 13.1. The Morgan fingerprint density at radius 3 is 2.58 bits per heavy atom. The smallest absolute Gasteiger partial charge is 0.216 e. The zero-order chi connectivity index (χ0) is 18.5. The van der Waals surface area contributed by atoms with E-state index < -0.39 is 0 Å². The van der Waals surface area contributed by atoms with Gasteiger partial charge in [0, 0.05) is 24.8 Å². The number of H-pyrrole nitrogens is 1. The number of hydrogen-bond donors (Lipinski definition) is 2. The van der Waals surface area contributed by atoms with Gasteiger partial charge in [-0.25, -0.2) is 9.49 Å². The summed E-state index contributed by atoms with van der Waals surface area (Å²) in [6.07, 6.45) is 1.67. The Hall–Kier alpha value is -2.84. The second kappa shape index (κ2) is 8.03. The van der Waals surface area contributed by atoms with Gasteiger partial charge in [0.2, 0.25) is 4.77 Å². The van der Waals surface area contributed by atoms with Gasteiger partial charge >= 0.3 is 0 Å². The Balaban J connectivity index is 1.84. The van der Waals surface area contributed by atoms with Gasteiger partial charge in [-0.15, -0.1) is 0 Å². The van der Waals surface area contributed by atoms with Gasteiger partial charge in [0.15, 0.2) is 5.82 Å². The van der Waals surface area contributed by atoms with Crippen LogP contribution in [0.1, 0.15) is 5.56 Å². The predicted molar refractivity (Wildman–Crippen MR) is 103 cm³/mol. The van der Waals surface area contributed by atoms with E-state index in [1.54, 1.807) is 18.3 Å². The van der Waals surface area contributed by atoms with E-state index in [1.807, 2.05) is 36.2 Å². The topological polar surface area (TPSA) is 69.4 Å². The third-order valence-corrected chi connectivity index (χ3v) is 4.11. The molecule has 8 heteroatoms. The molecule has 2 aromatic carbocycles. The quantitative estimate of drug-likeness (QED) is 0.516. The number of likely N-dealkylation sites (N-methyl/N-ethyl adjacent to an activating group) is 1. The molecule has 0 aliphatic heterocycles. The first-order valence-corrected chi connectivity index (χ1v) is 8.39. The number of aliphatic hydroxyl groups excluding tert-OH is 1. The number of halogens is 1. The maximum Gasteiger partial charge on any atom is 0.216 e. The number of aliphatic hydroxyl groups is 1. The summed E-state index contributed by atoms with van der Waals surface area (Å²) in [5.41, 5.74) is 2.60. The Kier molecular flexibility index (Phi) is 5.55. The molecule has 0 amide bonds. The van der Waals surface area contributed by atoms with Crippen LogP contribution in [-0.4, -0.2) is 46.4 Å². The summed E-state index contributed by atoms with van der Waals surface area (Å²) in [6, 6.07) is 13.7. The number of rotatable bonds is 6. The minimum Gasteiger partial charge on any atom is -0.395 e. The lowest BCUT2D eigenvalue weighted by atomic mass is 10.2. The van der Waals surface area contributed by atoms with E-state index in [0.29, 0.717) is 22.7 Å². The second-order valence-corrected chi connectivity index (χ2v) is 6.04. The summed E-state index contributed by atoms with van der Waals surface area (Å²) in [4.78, 5) is 1.96. The lowest BCUT2D eigenvalue weighted by molar-refractivity contribution is 0.304. The number of nitrogens with one attached hydrogen (secondary N) is 1. The summed E-state index contributed by atoms with van der Waals surface area (Å²) >= 11 is 5.22. The van der Waals surface area contributed by atoms with Crippen molar-refractivity contribution in [2.75, 3.05) is 25.1 Å². The molecule has 3 aromatic rings. The van der Waals surface area contributed by atoms with Gasteiger partial charge in [0.05, 0.1) is 12.8 Å². The zero-order valence-corrected chi connectivity index (χ0v) is 14.9. The fraction of sp³-hybridized carbons (Fsp3) is 0.167. The number of anilines is 1. The summed E-state index contributed by atoms with van der Waals surface area (Å²) < 4.78 is 15.0. The third-order valence-electron chi connectivity index (χ3n) is 3.84. The van der Waals surface area contributed by atoms with Crippen LogP contribution in [0, 0.1) is 10.6 Å². The van der Waals surface area contributed by atoms with E-state index in [-0.39, 0.29) is 12.4 Å². The van der Waals surface area contributed by atoms with Gasteiger partial charge in [-0.05, 0) is 54.2 Å². The van der Waals surface area contributed by atoms with E-state index in [2.05, 4.69) is 15.3 Å². The van der Waals surface area contributed by atoms with Crippen molar-refractivity contribution in [1.29, 1.82) is 0 Å². The molecule has 134 valence electrons. The summed E-state index contributed by atoms with van der Waals surface area (Å²) in [5.74, 6) is 0.190. The molecule has 2 N–H and O–H groups in total. The van der Waals surface area contributed by atoms with E-state index >= 15 is 0 Å². The molecule has 0 aliphatic carbocycles. The van der Waals surface area contributed by atoms with Crippen molar-refractivity contribution in [3.63, 3.8) is 0 Å². The van der Waals surface area contributed by atoms with Gasteiger partial charge in [-0.2, -0.15) is 14.9 Å². The number of aromatic nitrogens is 3. The van der Waals surface area contributed by atoms with Crippen molar-refractivity contribution in [2.24, 2.45) is 5.10 Å². The van der Waals surface area contributed by atoms with Gasteiger partial charge in [0.1, 0.15) is 5.82 Å². The van der Waals surface area contributed by atoms with E-state index in [9.17, 15) is 4.39 Å². The Morgan fingerprint density at radius 1 is 1.23 bits per heavy atom. The highest BCUT2D eigenvalue weighted by Gasteiger charge is 2.08. The second-order valence-electron chi connectivity index (χ2n) is 5.65. The average Bonchev–Trinajstić information content (AvgIpc) is 3.02. The minimum atomic E-state index is -0.316. The SMILES string of the molecule is CN(CCO)c1ccc(/C=N\n2c(-c3ccc(F)cc3)n[nH]c2=S)cc1. The van der Waals surface area contributed by atoms with Crippen LogP contribution < -0.4 is 4.90 Å². The first-order valence-electron chi connectivity index (χ1n) is 7.98. The third kappa shape index (κ3) is 4.04. The number of aromatic amines is 1. The highest BCUT2D eigenvalue weighted by molar-refractivity contribution is 7.71. The van der Waals surface area contributed by atoms with Gasteiger partial charge in [-0.1, -0.05) is 12.1 Å². The number of benzene rings is 2. The lowest BCUT2D eigenvalue weighted by Gasteiger charge is -2.17. The Morgan fingerprint density at radius 2 is 1.92 bits per heavy atom. The largest absolute Gasteiger partial charge is 0.395 e. The van der Waals surface area contributed by atoms with E-state index in [1.165, 1.54) is 16.8 Å². The van der Waals surface area contributed by atoms with Gasteiger partial charge in [-0.3, -0.25) is 0 Å². The summed E-state index contributed by atoms with van der Waals surface area (Å²) in [7, 11) is 1.92. The van der Waals surface area contributed by atoms with Crippen molar-refractivity contribution in [3.05, 3.63) is 64.7 Å². The Labute approximate surface area is 155 Å². The van der Waals surface area contributed by atoms with E-state index in [4.69, 9.17) is 17.3 Å². The van der Waals surface area contributed by atoms with E-state index in [0.717, 1.165) is 11.3 Å². The standard InChI is InChI=1S/C18H18FN5OS/c1-23(10-11-25)16-8-2-13(3-9-16)12-20-24-17(21-22-18(24)26)14-4-6-15(19)7-5-14/h2-9,12,25H,10-11H2,1H3,(H,22,26)/b20-12-. The van der Waals surface area contributed by atoms with Gasteiger partial charge < -0.3 is 10.0 Å². The molecule has 0 saturated carbocycles. The Bertz CT molecular complexity index is 947. The zero-order valence-electron chi connectivity index (χ0n) is 14.1. The van der Waals surface area contributed by atoms with Crippen LogP contribution in [0.3, 0.4) is 0 Å².